The monoisotopic (exact) mass is 198 g/mol. The Morgan fingerprint density at radius 2 is 1.87 bits per heavy atom. The topological polar surface area (TPSA) is 0 Å². The Hall–Kier alpha value is -1.30. The maximum atomic E-state index is 2.38. The van der Waals surface area contributed by atoms with Gasteiger partial charge in [-0.25, -0.2) is 0 Å². The van der Waals surface area contributed by atoms with Gasteiger partial charge in [0.25, 0.3) is 0 Å². The Morgan fingerprint density at radius 3 is 2.40 bits per heavy atom. The largest absolute Gasteiger partial charge is 0.0801 e. The van der Waals surface area contributed by atoms with Crippen molar-refractivity contribution < 1.29 is 0 Å². The standard InChI is InChI=1S/C15H18/c1-12(2)13-8-10-15(11-9-13)14-6-4-3-5-7-14/h3-10,12,15H,11H2,1-2H3. The lowest BCUT2D eigenvalue weighted by Crippen LogP contribution is -2.01. The summed E-state index contributed by atoms with van der Waals surface area (Å²) in [5, 5.41) is 0. The first kappa shape index (κ1) is 10.2. The van der Waals surface area contributed by atoms with Crippen molar-refractivity contribution in [2.45, 2.75) is 26.2 Å². The molecule has 1 aromatic rings. The molecule has 0 heterocycles. The Kier molecular flexibility index (Phi) is 3.05. The molecule has 78 valence electrons. The predicted molar refractivity (Wildman–Crippen MR) is 65.9 cm³/mol. The quantitative estimate of drug-likeness (QED) is 0.664. The summed E-state index contributed by atoms with van der Waals surface area (Å²) < 4.78 is 0. The fraction of sp³-hybridized carbons (Fsp3) is 0.333. The average molecular weight is 198 g/mol. The van der Waals surface area contributed by atoms with Gasteiger partial charge >= 0.3 is 0 Å². The molecule has 0 saturated heterocycles. The molecule has 0 amide bonds. The summed E-state index contributed by atoms with van der Waals surface area (Å²) in [6.07, 6.45) is 8.15. The number of rotatable bonds is 2. The molecule has 0 radical (unpaired) electrons. The van der Waals surface area contributed by atoms with Gasteiger partial charge < -0.3 is 0 Å². The highest BCUT2D eigenvalue weighted by Gasteiger charge is 2.11. The van der Waals surface area contributed by atoms with Crippen LogP contribution in [0.4, 0.5) is 0 Å². The molecule has 15 heavy (non-hydrogen) atoms. The fourth-order valence-corrected chi connectivity index (χ4v) is 2.01. The van der Waals surface area contributed by atoms with Crippen molar-refractivity contribution in [1.29, 1.82) is 0 Å². The van der Waals surface area contributed by atoms with Gasteiger partial charge in [0.15, 0.2) is 0 Å². The van der Waals surface area contributed by atoms with E-state index < -0.39 is 0 Å². The van der Waals surface area contributed by atoms with Crippen LogP contribution in [0.25, 0.3) is 0 Å². The van der Waals surface area contributed by atoms with Gasteiger partial charge in [-0.05, 0) is 23.5 Å². The number of allylic oxidation sites excluding steroid dienone is 4. The van der Waals surface area contributed by atoms with Gasteiger partial charge in [0, 0.05) is 5.92 Å². The molecule has 0 N–H and O–H groups in total. The van der Waals surface area contributed by atoms with Crippen LogP contribution in [-0.2, 0) is 0 Å². The second kappa shape index (κ2) is 4.48. The molecule has 1 aliphatic rings. The van der Waals surface area contributed by atoms with Crippen molar-refractivity contribution in [3.8, 4) is 0 Å². The fourth-order valence-electron chi connectivity index (χ4n) is 2.01. The van der Waals surface area contributed by atoms with Crippen molar-refractivity contribution >= 4 is 0 Å². The molecule has 0 fully saturated rings. The molecule has 0 nitrogen and oxygen atoms in total. The van der Waals surface area contributed by atoms with Gasteiger partial charge in [0.05, 0.1) is 0 Å². The molecular weight excluding hydrogens is 180 g/mol. The average Bonchev–Trinajstić information content (AvgIpc) is 2.30. The molecular formula is C15H18. The van der Waals surface area contributed by atoms with E-state index in [1.165, 1.54) is 11.1 Å². The number of hydrogen-bond donors (Lipinski definition) is 0. The van der Waals surface area contributed by atoms with Crippen LogP contribution in [0.3, 0.4) is 0 Å². The van der Waals surface area contributed by atoms with Crippen LogP contribution < -0.4 is 0 Å². The van der Waals surface area contributed by atoms with Crippen molar-refractivity contribution in [3.05, 3.63) is 59.7 Å². The van der Waals surface area contributed by atoms with Gasteiger partial charge in [-0.15, -0.1) is 0 Å². The van der Waals surface area contributed by atoms with Crippen LogP contribution in [0.1, 0.15) is 31.7 Å². The lowest BCUT2D eigenvalue weighted by atomic mass is 9.87. The molecule has 0 spiro atoms. The summed E-state index contributed by atoms with van der Waals surface area (Å²) in [4.78, 5) is 0. The van der Waals surface area contributed by atoms with E-state index in [9.17, 15) is 0 Å². The van der Waals surface area contributed by atoms with Crippen molar-refractivity contribution in [2.75, 3.05) is 0 Å². The molecule has 0 aromatic heterocycles. The highest BCUT2D eigenvalue weighted by molar-refractivity contribution is 5.33. The second-order valence-electron chi connectivity index (χ2n) is 4.47. The molecule has 2 rings (SSSR count). The van der Waals surface area contributed by atoms with Gasteiger partial charge in [0.2, 0.25) is 0 Å². The van der Waals surface area contributed by atoms with E-state index >= 15 is 0 Å². The van der Waals surface area contributed by atoms with Gasteiger partial charge in [-0.3, -0.25) is 0 Å². The van der Waals surface area contributed by atoms with Crippen LogP contribution >= 0.6 is 0 Å². The van der Waals surface area contributed by atoms with Gasteiger partial charge in [0.1, 0.15) is 0 Å². The van der Waals surface area contributed by atoms with E-state index in [0.29, 0.717) is 11.8 Å². The normalized spacial score (nSPS) is 20.5. The maximum absolute atomic E-state index is 2.38. The zero-order valence-electron chi connectivity index (χ0n) is 9.48. The first-order valence-corrected chi connectivity index (χ1v) is 5.70. The molecule has 0 saturated carbocycles. The van der Waals surface area contributed by atoms with Crippen LogP contribution in [0.2, 0.25) is 0 Å². The summed E-state index contributed by atoms with van der Waals surface area (Å²) in [6, 6.07) is 10.7. The molecule has 0 heteroatoms. The Balaban J connectivity index is 2.10. The van der Waals surface area contributed by atoms with Crippen molar-refractivity contribution in [3.63, 3.8) is 0 Å². The van der Waals surface area contributed by atoms with Gasteiger partial charge in [-0.2, -0.15) is 0 Å². The summed E-state index contributed by atoms with van der Waals surface area (Å²) in [5.41, 5.74) is 2.90. The minimum Gasteiger partial charge on any atom is -0.0801 e. The Labute approximate surface area is 92.3 Å². The maximum Gasteiger partial charge on any atom is 0.00559 e. The lowest BCUT2D eigenvalue weighted by molar-refractivity contribution is 0.751. The van der Waals surface area contributed by atoms with E-state index in [0.717, 1.165) is 6.42 Å². The van der Waals surface area contributed by atoms with Crippen LogP contribution in [0.5, 0.6) is 0 Å². The Morgan fingerprint density at radius 1 is 1.13 bits per heavy atom. The third-order valence-corrected chi connectivity index (χ3v) is 3.02. The number of benzene rings is 1. The van der Waals surface area contributed by atoms with Crippen LogP contribution in [-0.4, -0.2) is 0 Å². The highest BCUT2D eigenvalue weighted by atomic mass is 14.2. The zero-order valence-corrected chi connectivity index (χ0v) is 9.48. The van der Waals surface area contributed by atoms with Crippen molar-refractivity contribution in [2.24, 2.45) is 5.92 Å². The SMILES string of the molecule is CC(C)C1=CCC(c2ccccc2)C=C1. The Bertz CT molecular complexity index is 368. The van der Waals surface area contributed by atoms with E-state index in [1.807, 2.05) is 0 Å². The summed E-state index contributed by atoms with van der Waals surface area (Å²) in [6.45, 7) is 4.50. The molecule has 1 unspecified atom stereocenters. The number of hydrogen-bond acceptors (Lipinski definition) is 0. The van der Waals surface area contributed by atoms with E-state index in [4.69, 9.17) is 0 Å². The van der Waals surface area contributed by atoms with E-state index in [1.54, 1.807) is 0 Å². The minimum absolute atomic E-state index is 0.577. The van der Waals surface area contributed by atoms with Crippen molar-refractivity contribution in [1.82, 2.24) is 0 Å². The first-order chi connectivity index (χ1) is 7.27. The summed E-state index contributed by atoms with van der Waals surface area (Å²) >= 11 is 0. The molecule has 1 aromatic carbocycles. The van der Waals surface area contributed by atoms with E-state index in [-0.39, 0.29) is 0 Å². The second-order valence-corrected chi connectivity index (χ2v) is 4.47. The van der Waals surface area contributed by atoms with E-state index in [2.05, 4.69) is 62.4 Å². The zero-order chi connectivity index (χ0) is 10.7. The van der Waals surface area contributed by atoms with Crippen LogP contribution in [0.15, 0.2) is 54.1 Å². The first-order valence-electron chi connectivity index (χ1n) is 5.70. The lowest BCUT2D eigenvalue weighted by Gasteiger charge is -2.18. The highest BCUT2D eigenvalue weighted by Crippen LogP contribution is 2.28. The molecule has 1 atom stereocenters. The van der Waals surface area contributed by atoms with Crippen LogP contribution in [0, 0.1) is 5.92 Å². The smallest absolute Gasteiger partial charge is 0.00559 e. The molecule has 0 aliphatic heterocycles. The third kappa shape index (κ3) is 2.38. The predicted octanol–water partition coefficient (Wildman–Crippen LogP) is 4.31. The summed E-state index contributed by atoms with van der Waals surface area (Å²) in [5.74, 6) is 1.23. The molecule has 0 bridgehead atoms. The summed E-state index contributed by atoms with van der Waals surface area (Å²) in [7, 11) is 0. The third-order valence-electron chi connectivity index (χ3n) is 3.02. The minimum atomic E-state index is 0.577. The van der Waals surface area contributed by atoms with Gasteiger partial charge in [-0.1, -0.05) is 62.4 Å². The molecule has 1 aliphatic carbocycles.